The van der Waals surface area contributed by atoms with Crippen LogP contribution >= 0.6 is 0 Å². The Kier molecular flexibility index (Phi) is 6.09. The van der Waals surface area contributed by atoms with Gasteiger partial charge in [-0.15, -0.1) is 0 Å². The first-order valence-corrected chi connectivity index (χ1v) is 7.01. The van der Waals surface area contributed by atoms with E-state index >= 15 is 0 Å². The molecule has 2 rings (SSSR count). The molecule has 1 heterocycles. The molecule has 0 unspecified atom stereocenters. The monoisotopic (exact) mass is 249 g/mol. The molecule has 1 N–H and O–H groups in total. The average molecular weight is 249 g/mol. The number of rotatable bonds is 7. The molecule has 1 aromatic heterocycles. The molecule has 0 saturated heterocycles. The molecule has 1 saturated carbocycles. The van der Waals surface area contributed by atoms with E-state index in [1.54, 1.807) is 6.33 Å². The smallest absolute Gasteiger partial charge is 0.115 e. The Hall–Kier alpha value is -1.00. The Morgan fingerprint density at radius 2 is 1.94 bits per heavy atom. The standard InChI is InChI=1S/C14H23N3O/c1-2-5-14(6-3-1)18-8-4-7-15-9-13-10-16-12-17-11-13/h10-12,14-15H,1-9H2. The van der Waals surface area contributed by atoms with Gasteiger partial charge in [0.25, 0.3) is 0 Å². The molecule has 1 aromatic rings. The first-order chi connectivity index (χ1) is 8.95. The van der Waals surface area contributed by atoms with Gasteiger partial charge < -0.3 is 10.1 Å². The summed E-state index contributed by atoms with van der Waals surface area (Å²) < 4.78 is 5.87. The van der Waals surface area contributed by atoms with Crippen LogP contribution in [0.1, 0.15) is 44.1 Å². The van der Waals surface area contributed by atoms with Crippen molar-refractivity contribution in [2.75, 3.05) is 13.2 Å². The largest absolute Gasteiger partial charge is 0.378 e. The van der Waals surface area contributed by atoms with Gasteiger partial charge in [0, 0.05) is 31.1 Å². The third-order valence-corrected chi connectivity index (χ3v) is 3.35. The fraction of sp³-hybridized carbons (Fsp3) is 0.714. The van der Waals surface area contributed by atoms with Gasteiger partial charge in [-0.1, -0.05) is 19.3 Å². The first-order valence-electron chi connectivity index (χ1n) is 7.01. The zero-order chi connectivity index (χ0) is 12.5. The average Bonchev–Trinajstić information content (AvgIpc) is 2.45. The Morgan fingerprint density at radius 1 is 1.17 bits per heavy atom. The summed E-state index contributed by atoms with van der Waals surface area (Å²) in [5.74, 6) is 0. The quantitative estimate of drug-likeness (QED) is 0.753. The van der Waals surface area contributed by atoms with Gasteiger partial charge in [-0.25, -0.2) is 9.97 Å². The van der Waals surface area contributed by atoms with Crippen LogP contribution in [0, 0.1) is 0 Å². The highest BCUT2D eigenvalue weighted by Gasteiger charge is 2.12. The maximum atomic E-state index is 5.87. The van der Waals surface area contributed by atoms with Gasteiger partial charge in [-0.05, 0) is 25.8 Å². The Bertz CT molecular complexity index is 312. The fourth-order valence-corrected chi connectivity index (χ4v) is 2.33. The fourth-order valence-electron chi connectivity index (χ4n) is 2.33. The number of hydrogen-bond donors (Lipinski definition) is 1. The lowest BCUT2D eigenvalue weighted by molar-refractivity contribution is 0.0273. The van der Waals surface area contributed by atoms with Crippen LogP contribution in [0.15, 0.2) is 18.7 Å². The number of aromatic nitrogens is 2. The van der Waals surface area contributed by atoms with E-state index in [4.69, 9.17) is 4.74 Å². The SMILES string of the molecule is c1ncc(CNCCCOC2CCCCC2)cn1. The normalized spacial score (nSPS) is 16.9. The lowest BCUT2D eigenvalue weighted by atomic mass is 9.98. The molecule has 1 aliphatic carbocycles. The summed E-state index contributed by atoms with van der Waals surface area (Å²) in [5.41, 5.74) is 1.13. The van der Waals surface area contributed by atoms with Gasteiger partial charge in [0.15, 0.2) is 0 Å². The number of nitrogens with zero attached hydrogens (tertiary/aromatic N) is 2. The van der Waals surface area contributed by atoms with Gasteiger partial charge in [0.1, 0.15) is 6.33 Å². The first kappa shape index (κ1) is 13.4. The van der Waals surface area contributed by atoms with Gasteiger partial charge in [-0.2, -0.15) is 0 Å². The molecule has 0 bridgehead atoms. The van der Waals surface area contributed by atoms with Crippen molar-refractivity contribution in [3.63, 3.8) is 0 Å². The molecule has 0 spiro atoms. The molecule has 0 aromatic carbocycles. The molecule has 0 atom stereocenters. The third kappa shape index (κ3) is 5.10. The number of nitrogens with one attached hydrogen (secondary N) is 1. The maximum Gasteiger partial charge on any atom is 0.115 e. The van der Waals surface area contributed by atoms with E-state index in [0.29, 0.717) is 6.10 Å². The van der Waals surface area contributed by atoms with E-state index in [1.807, 2.05) is 12.4 Å². The predicted molar refractivity (Wildman–Crippen MR) is 71.2 cm³/mol. The van der Waals surface area contributed by atoms with E-state index in [9.17, 15) is 0 Å². The molecular weight excluding hydrogens is 226 g/mol. The molecule has 0 amide bonds. The van der Waals surface area contributed by atoms with Crippen molar-refractivity contribution in [1.82, 2.24) is 15.3 Å². The molecule has 18 heavy (non-hydrogen) atoms. The zero-order valence-corrected chi connectivity index (χ0v) is 11.0. The van der Waals surface area contributed by atoms with Crippen molar-refractivity contribution in [2.45, 2.75) is 51.2 Å². The van der Waals surface area contributed by atoms with Crippen LogP contribution in [0.4, 0.5) is 0 Å². The van der Waals surface area contributed by atoms with Crippen LogP contribution in [0.5, 0.6) is 0 Å². The zero-order valence-electron chi connectivity index (χ0n) is 11.0. The van der Waals surface area contributed by atoms with Crippen LogP contribution in [0.3, 0.4) is 0 Å². The molecule has 1 fully saturated rings. The van der Waals surface area contributed by atoms with Crippen molar-refractivity contribution >= 4 is 0 Å². The van der Waals surface area contributed by atoms with Gasteiger partial charge in [-0.3, -0.25) is 0 Å². The lowest BCUT2D eigenvalue weighted by Crippen LogP contribution is -2.20. The summed E-state index contributed by atoms with van der Waals surface area (Å²) in [4.78, 5) is 7.97. The van der Waals surface area contributed by atoms with Gasteiger partial charge in [0.05, 0.1) is 6.10 Å². The van der Waals surface area contributed by atoms with Crippen molar-refractivity contribution < 1.29 is 4.74 Å². The molecule has 1 aliphatic rings. The van der Waals surface area contributed by atoms with Crippen molar-refractivity contribution in [2.24, 2.45) is 0 Å². The molecule has 4 nitrogen and oxygen atoms in total. The van der Waals surface area contributed by atoms with E-state index in [-0.39, 0.29) is 0 Å². The number of ether oxygens (including phenoxy) is 1. The van der Waals surface area contributed by atoms with Crippen molar-refractivity contribution in [3.8, 4) is 0 Å². The highest BCUT2D eigenvalue weighted by molar-refractivity contribution is 5.01. The summed E-state index contributed by atoms with van der Waals surface area (Å²) >= 11 is 0. The molecule has 4 heteroatoms. The maximum absolute atomic E-state index is 5.87. The van der Waals surface area contributed by atoms with Crippen molar-refractivity contribution in [3.05, 3.63) is 24.3 Å². The highest BCUT2D eigenvalue weighted by atomic mass is 16.5. The predicted octanol–water partition coefficient (Wildman–Crippen LogP) is 2.31. The third-order valence-electron chi connectivity index (χ3n) is 3.35. The van der Waals surface area contributed by atoms with E-state index < -0.39 is 0 Å². The number of hydrogen-bond acceptors (Lipinski definition) is 4. The summed E-state index contributed by atoms with van der Waals surface area (Å²) in [6.07, 6.45) is 13.4. The van der Waals surface area contributed by atoms with Crippen LogP contribution in [0.2, 0.25) is 0 Å². The minimum absolute atomic E-state index is 0.529. The van der Waals surface area contributed by atoms with Gasteiger partial charge in [0.2, 0.25) is 0 Å². The topological polar surface area (TPSA) is 47.0 Å². The molecule has 0 aliphatic heterocycles. The van der Waals surface area contributed by atoms with Crippen molar-refractivity contribution in [1.29, 1.82) is 0 Å². The molecule has 0 radical (unpaired) electrons. The Labute approximate surface area is 109 Å². The van der Waals surface area contributed by atoms with Crippen LogP contribution in [-0.4, -0.2) is 29.2 Å². The summed E-state index contributed by atoms with van der Waals surface area (Å²) in [6.45, 7) is 2.70. The van der Waals surface area contributed by atoms with Gasteiger partial charge >= 0.3 is 0 Å². The van der Waals surface area contributed by atoms with Crippen LogP contribution in [0.25, 0.3) is 0 Å². The van der Waals surface area contributed by atoms with E-state index in [0.717, 1.165) is 31.7 Å². The van der Waals surface area contributed by atoms with E-state index in [2.05, 4.69) is 15.3 Å². The lowest BCUT2D eigenvalue weighted by Gasteiger charge is -2.21. The Morgan fingerprint density at radius 3 is 2.72 bits per heavy atom. The summed E-state index contributed by atoms with van der Waals surface area (Å²) in [5, 5.41) is 3.38. The second-order valence-corrected chi connectivity index (χ2v) is 4.91. The minimum atomic E-state index is 0.529. The minimum Gasteiger partial charge on any atom is -0.378 e. The highest BCUT2D eigenvalue weighted by Crippen LogP contribution is 2.20. The second kappa shape index (κ2) is 8.16. The molecular formula is C14H23N3O. The van der Waals surface area contributed by atoms with Crippen LogP contribution in [-0.2, 0) is 11.3 Å². The summed E-state index contributed by atoms with van der Waals surface area (Å²) in [6, 6.07) is 0. The van der Waals surface area contributed by atoms with E-state index in [1.165, 1.54) is 32.1 Å². The Balaban J connectivity index is 1.46. The molecule has 100 valence electrons. The van der Waals surface area contributed by atoms with Crippen LogP contribution < -0.4 is 5.32 Å². The summed E-state index contributed by atoms with van der Waals surface area (Å²) in [7, 11) is 0. The second-order valence-electron chi connectivity index (χ2n) is 4.91.